The lowest BCUT2D eigenvalue weighted by atomic mass is 10.00. The van der Waals surface area contributed by atoms with Crippen LogP contribution in [0.25, 0.3) is 11.3 Å². The number of fused-ring (bicyclic) bond motifs is 1. The molecule has 0 saturated heterocycles. The van der Waals surface area contributed by atoms with Crippen molar-refractivity contribution < 1.29 is 9.47 Å². The first-order valence-corrected chi connectivity index (χ1v) is 6.90. The first kappa shape index (κ1) is 13.1. The van der Waals surface area contributed by atoms with Gasteiger partial charge in [0.25, 0.3) is 0 Å². The van der Waals surface area contributed by atoms with E-state index in [1.807, 2.05) is 6.07 Å². The molecule has 3 rings (SSSR count). The molecule has 2 N–H and O–H groups in total. The number of nitrogens with two attached hydrogens (primary N) is 1. The van der Waals surface area contributed by atoms with Crippen molar-refractivity contribution in [3.05, 3.63) is 22.7 Å². The number of nitrogen functional groups attached to an aromatic ring is 1. The molecule has 2 heterocycles. The van der Waals surface area contributed by atoms with Crippen molar-refractivity contribution in [3.8, 4) is 22.8 Å². The molecule has 6 heteroatoms. The molecular formula is C14H16ClN3O2. The normalized spacial score (nSPS) is 13.6. The minimum atomic E-state index is 0.544. The highest BCUT2D eigenvalue weighted by atomic mass is 35.5. The Morgan fingerprint density at radius 3 is 2.75 bits per heavy atom. The zero-order valence-corrected chi connectivity index (χ0v) is 12.2. The molecule has 0 atom stereocenters. The number of benzene rings is 1. The first-order valence-electron chi connectivity index (χ1n) is 6.52. The van der Waals surface area contributed by atoms with Gasteiger partial charge in [0.2, 0.25) is 0 Å². The van der Waals surface area contributed by atoms with Crippen LogP contribution in [0.2, 0.25) is 5.02 Å². The molecule has 1 aliphatic heterocycles. The van der Waals surface area contributed by atoms with E-state index in [-0.39, 0.29) is 0 Å². The van der Waals surface area contributed by atoms with Gasteiger partial charge in [0.15, 0.2) is 11.5 Å². The Balaban J connectivity index is 2.24. The smallest absolute Gasteiger partial charge is 0.165 e. The van der Waals surface area contributed by atoms with Gasteiger partial charge in [0.05, 0.1) is 10.7 Å². The average Bonchev–Trinajstić information content (AvgIpc) is 2.76. The highest BCUT2D eigenvalue weighted by Gasteiger charge is 2.23. The fraction of sp³-hybridized carbons (Fsp3) is 0.357. The predicted molar refractivity (Wildman–Crippen MR) is 78.4 cm³/mol. The van der Waals surface area contributed by atoms with Crippen molar-refractivity contribution in [1.82, 2.24) is 9.78 Å². The number of halogens is 1. The summed E-state index contributed by atoms with van der Waals surface area (Å²) in [5.41, 5.74) is 8.48. The summed E-state index contributed by atoms with van der Waals surface area (Å²) >= 11 is 6.42. The zero-order chi connectivity index (χ0) is 14.3. The maximum atomic E-state index is 6.42. The predicted octanol–water partition coefficient (Wildman–Crippen LogP) is 2.66. The molecule has 0 bridgehead atoms. The third kappa shape index (κ3) is 1.98. The monoisotopic (exact) mass is 293 g/mol. The second-order valence-electron chi connectivity index (χ2n) is 4.67. The number of aryl methyl sites for hydroxylation is 1. The van der Waals surface area contributed by atoms with Gasteiger partial charge in [0.1, 0.15) is 19.0 Å². The van der Waals surface area contributed by atoms with Crippen LogP contribution in [0.4, 0.5) is 5.82 Å². The van der Waals surface area contributed by atoms with Gasteiger partial charge in [-0.05, 0) is 6.42 Å². The summed E-state index contributed by atoms with van der Waals surface area (Å²) in [6.07, 6.45) is 0.776. The molecule has 0 unspecified atom stereocenters. The average molecular weight is 294 g/mol. The van der Waals surface area contributed by atoms with Crippen LogP contribution in [-0.2, 0) is 13.5 Å². The fourth-order valence-corrected chi connectivity index (χ4v) is 2.75. The molecule has 1 aromatic carbocycles. The molecule has 20 heavy (non-hydrogen) atoms. The van der Waals surface area contributed by atoms with E-state index in [9.17, 15) is 0 Å². The molecule has 0 spiro atoms. The van der Waals surface area contributed by atoms with Crippen LogP contribution in [0.15, 0.2) is 12.1 Å². The minimum absolute atomic E-state index is 0.544. The number of hydrogen-bond donors (Lipinski definition) is 1. The molecule has 0 saturated carbocycles. The van der Waals surface area contributed by atoms with E-state index >= 15 is 0 Å². The third-order valence-corrected chi connectivity index (χ3v) is 3.71. The molecule has 0 aliphatic carbocycles. The lowest BCUT2D eigenvalue weighted by Gasteiger charge is -2.23. The van der Waals surface area contributed by atoms with E-state index in [2.05, 4.69) is 12.0 Å². The van der Waals surface area contributed by atoms with E-state index in [4.69, 9.17) is 26.8 Å². The SMILES string of the molecule is CCc1c2c(cc(Cl)c1-c1cc(N)n(C)n1)OCCO2. The molecular weight excluding hydrogens is 278 g/mol. The summed E-state index contributed by atoms with van der Waals surface area (Å²) in [7, 11) is 1.80. The highest BCUT2D eigenvalue weighted by Crippen LogP contribution is 2.44. The van der Waals surface area contributed by atoms with Crippen LogP contribution in [0.1, 0.15) is 12.5 Å². The first-order chi connectivity index (χ1) is 9.61. The molecule has 5 nitrogen and oxygen atoms in total. The minimum Gasteiger partial charge on any atom is -0.486 e. The van der Waals surface area contributed by atoms with E-state index in [1.165, 1.54) is 0 Å². The Kier molecular flexibility index (Phi) is 3.22. The Bertz CT molecular complexity index is 647. The van der Waals surface area contributed by atoms with Crippen LogP contribution in [0.5, 0.6) is 11.5 Å². The Morgan fingerprint density at radius 1 is 1.35 bits per heavy atom. The van der Waals surface area contributed by atoms with Crippen molar-refractivity contribution in [2.45, 2.75) is 13.3 Å². The Labute approximate surface area is 122 Å². The molecule has 2 aromatic rings. The summed E-state index contributed by atoms with van der Waals surface area (Å²) < 4.78 is 13.0. The third-order valence-electron chi connectivity index (χ3n) is 3.41. The van der Waals surface area contributed by atoms with Gasteiger partial charge in [-0.15, -0.1) is 0 Å². The molecule has 1 aliphatic rings. The summed E-state index contributed by atoms with van der Waals surface area (Å²) in [5, 5.41) is 5.01. The molecule has 106 valence electrons. The van der Waals surface area contributed by atoms with E-state index in [0.717, 1.165) is 29.0 Å². The van der Waals surface area contributed by atoms with Crippen LogP contribution < -0.4 is 15.2 Å². The summed E-state index contributed by atoms with van der Waals surface area (Å²) in [4.78, 5) is 0. The lowest BCUT2D eigenvalue weighted by molar-refractivity contribution is 0.170. The van der Waals surface area contributed by atoms with E-state index < -0.39 is 0 Å². The summed E-state index contributed by atoms with van der Waals surface area (Å²) in [6, 6.07) is 3.60. The molecule has 0 radical (unpaired) electrons. The fourth-order valence-electron chi connectivity index (χ4n) is 2.44. The summed E-state index contributed by atoms with van der Waals surface area (Å²) in [6.45, 7) is 3.15. The second kappa shape index (κ2) is 4.90. The second-order valence-corrected chi connectivity index (χ2v) is 5.07. The highest BCUT2D eigenvalue weighted by molar-refractivity contribution is 6.33. The Morgan fingerprint density at radius 2 is 2.10 bits per heavy atom. The van der Waals surface area contributed by atoms with Crippen LogP contribution in [-0.4, -0.2) is 23.0 Å². The van der Waals surface area contributed by atoms with E-state index in [0.29, 0.717) is 29.8 Å². The van der Waals surface area contributed by atoms with Crippen LogP contribution in [0, 0.1) is 0 Å². The number of hydrogen-bond acceptors (Lipinski definition) is 4. The number of nitrogens with zero attached hydrogens (tertiary/aromatic N) is 2. The standard InChI is InChI=1S/C14H16ClN3O2/c1-3-8-13(10-7-12(16)18(2)17-10)9(15)6-11-14(8)20-5-4-19-11/h6-7H,3-5,16H2,1-2H3. The number of anilines is 1. The van der Waals surface area contributed by atoms with Crippen LogP contribution >= 0.6 is 11.6 Å². The van der Waals surface area contributed by atoms with Gasteiger partial charge >= 0.3 is 0 Å². The van der Waals surface area contributed by atoms with Gasteiger partial charge < -0.3 is 15.2 Å². The molecule has 0 amide bonds. The van der Waals surface area contributed by atoms with Crippen molar-refractivity contribution in [3.63, 3.8) is 0 Å². The van der Waals surface area contributed by atoms with Crippen molar-refractivity contribution in [2.24, 2.45) is 7.05 Å². The van der Waals surface area contributed by atoms with Gasteiger partial charge in [-0.3, -0.25) is 4.68 Å². The maximum Gasteiger partial charge on any atom is 0.165 e. The van der Waals surface area contributed by atoms with Gasteiger partial charge in [-0.25, -0.2) is 0 Å². The molecule has 1 aromatic heterocycles. The van der Waals surface area contributed by atoms with Gasteiger partial charge in [-0.2, -0.15) is 5.10 Å². The van der Waals surface area contributed by atoms with E-state index in [1.54, 1.807) is 17.8 Å². The van der Waals surface area contributed by atoms with Crippen molar-refractivity contribution in [1.29, 1.82) is 0 Å². The van der Waals surface area contributed by atoms with Crippen molar-refractivity contribution in [2.75, 3.05) is 18.9 Å². The number of rotatable bonds is 2. The lowest BCUT2D eigenvalue weighted by Crippen LogP contribution is -2.17. The maximum absolute atomic E-state index is 6.42. The summed E-state index contributed by atoms with van der Waals surface area (Å²) in [5.74, 6) is 2.06. The van der Waals surface area contributed by atoms with Gasteiger partial charge in [0, 0.05) is 30.3 Å². The van der Waals surface area contributed by atoms with Gasteiger partial charge in [-0.1, -0.05) is 18.5 Å². The largest absolute Gasteiger partial charge is 0.486 e. The number of ether oxygens (including phenoxy) is 2. The quantitative estimate of drug-likeness (QED) is 0.924. The molecule has 0 fully saturated rings. The zero-order valence-electron chi connectivity index (χ0n) is 11.4. The van der Waals surface area contributed by atoms with Crippen LogP contribution in [0.3, 0.4) is 0 Å². The number of aromatic nitrogens is 2. The topological polar surface area (TPSA) is 62.3 Å². The van der Waals surface area contributed by atoms with Crippen molar-refractivity contribution >= 4 is 17.4 Å². The Hall–Kier alpha value is -1.88.